The second-order valence-corrected chi connectivity index (χ2v) is 6.41. The van der Waals surface area contributed by atoms with Gasteiger partial charge in [-0.2, -0.15) is 26.3 Å². The van der Waals surface area contributed by atoms with Crippen LogP contribution in [0.1, 0.15) is 35.4 Å². The SMILES string of the molecule is O=CN1CCC2c3ccc(C(F)(C(F)(F)F)C(F)(F)F)cc3CCC21. The molecule has 1 aliphatic carbocycles. The summed E-state index contributed by atoms with van der Waals surface area (Å²) < 4.78 is 91.5. The number of alkyl halides is 7. The maximum Gasteiger partial charge on any atom is 0.435 e. The van der Waals surface area contributed by atoms with E-state index in [1.54, 1.807) is 4.90 Å². The second kappa shape index (κ2) is 5.60. The molecule has 9 heteroatoms. The molecule has 3 rings (SSSR count). The van der Waals surface area contributed by atoms with E-state index in [1.807, 2.05) is 0 Å². The van der Waals surface area contributed by atoms with Gasteiger partial charge in [-0.05, 0) is 30.4 Å². The van der Waals surface area contributed by atoms with E-state index in [-0.39, 0.29) is 23.9 Å². The van der Waals surface area contributed by atoms with E-state index in [0.717, 1.165) is 6.07 Å². The Balaban J connectivity index is 2.04. The van der Waals surface area contributed by atoms with Gasteiger partial charge in [0.25, 0.3) is 0 Å². The largest absolute Gasteiger partial charge is 0.435 e. The van der Waals surface area contributed by atoms with Crippen LogP contribution in [-0.4, -0.2) is 36.2 Å². The first-order chi connectivity index (χ1) is 11.5. The summed E-state index contributed by atoms with van der Waals surface area (Å²) in [6, 6.07) is 2.26. The first kappa shape index (κ1) is 18.0. The molecule has 1 aromatic carbocycles. The van der Waals surface area contributed by atoms with Crippen LogP contribution in [0.3, 0.4) is 0 Å². The molecule has 1 heterocycles. The smallest absolute Gasteiger partial charge is 0.342 e. The molecule has 2 atom stereocenters. The molecule has 1 amide bonds. The van der Waals surface area contributed by atoms with Gasteiger partial charge in [-0.3, -0.25) is 4.79 Å². The predicted molar refractivity (Wildman–Crippen MR) is 73.6 cm³/mol. The fourth-order valence-corrected chi connectivity index (χ4v) is 3.93. The van der Waals surface area contributed by atoms with Crippen LogP contribution in [0.2, 0.25) is 0 Å². The Morgan fingerprint density at radius 1 is 1.00 bits per heavy atom. The number of carbonyl (C=O) groups is 1. The minimum absolute atomic E-state index is 0.115. The first-order valence-corrected chi connectivity index (χ1v) is 7.67. The molecule has 1 aromatic rings. The van der Waals surface area contributed by atoms with E-state index >= 15 is 0 Å². The Morgan fingerprint density at radius 3 is 2.20 bits per heavy atom. The van der Waals surface area contributed by atoms with E-state index in [1.165, 1.54) is 0 Å². The van der Waals surface area contributed by atoms with Crippen molar-refractivity contribution in [3.05, 3.63) is 34.9 Å². The van der Waals surface area contributed by atoms with Crippen LogP contribution in [-0.2, 0) is 16.9 Å². The zero-order valence-corrected chi connectivity index (χ0v) is 12.8. The molecule has 0 spiro atoms. The number of fused-ring (bicyclic) bond motifs is 3. The standard InChI is InChI=1S/C16H14F7NO/c17-14(15(18,19)20,16(21,22)23)10-2-3-11-9(7-10)1-4-13-12(11)5-6-24(13)8-25/h2-3,7-8,12-13H,1,4-6H2. The van der Waals surface area contributed by atoms with Crippen LogP contribution in [0, 0.1) is 0 Å². The van der Waals surface area contributed by atoms with Crippen molar-refractivity contribution in [2.24, 2.45) is 0 Å². The molecule has 2 nitrogen and oxygen atoms in total. The lowest BCUT2D eigenvalue weighted by Gasteiger charge is -2.34. The number of benzene rings is 1. The van der Waals surface area contributed by atoms with Crippen molar-refractivity contribution in [3.8, 4) is 0 Å². The lowest BCUT2D eigenvalue weighted by Crippen LogP contribution is -2.50. The van der Waals surface area contributed by atoms with Crippen LogP contribution in [0.25, 0.3) is 0 Å². The number of aryl methyl sites for hydroxylation is 1. The third-order valence-corrected chi connectivity index (χ3v) is 5.16. The third kappa shape index (κ3) is 2.58. The highest BCUT2D eigenvalue weighted by Crippen LogP contribution is 2.54. The maximum absolute atomic E-state index is 14.2. The van der Waals surface area contributed by atoms with E-state index in [4.69, 9.17) is 0 Å². The monoisotopic (exact) mass is 369 g/mol. The molecule has 1 fully saturated rings. The normalized spacial score (nSPS) is 24.0. The van der Waals surface area contributed by atoms with Crippen LogP contribution in [0.15, 0.2) is 18.2 Å². The average Bonchev–Trinajstić information content (AvgIpc) is 2.94. The summed E-state index contributed by atoms with van der Waals surface area (Å²) in [7, 11) is 0. The Hall–Kier alpha value is -1.80. The van der Waals surface area contributed by atoms with Gasteiger partial charge in [-0.15, -0.1) is 0 Å². The molecule has 138 valence electrons. The van der Waals surface area contributed by atoms with Crippen molar-refractivity contribution >= 4 is 6.41 Å². The molecule has 0 aromatic heterocycles. The number of halogens is 7. The van der Waals surface area contributed by atoms with E-state index in [9.17, 15) is 35.5 Å². The van der Waals surface area contributed by atoms with Gasteiger partial charge in [-0.1, -0.05) is 18.2 Å². The van der Waals surface area contributed by atoms with E-state index < -0.39 is 23.6 Å². The van der Waals surface area contributed by atoms with Crippen molar-refractivity contribution in [3.63, 3.8) is 0 Å². The molecule has 0 N–H and O–H groups in total. The molecule has 2 unspecified atom stereocenters. The topological polar surface area (TPSA) is 20.3 Å². The van der Waals surface area contributed by atoms with Crippen LogP contribution < -0.4 is 0 Å². The molecule has 1 saturated heterocycles. The number of hydrogen-bond donors (Lipinski definition) is 0. The van der Waals surface area contributed by atoms with Gasteiger partial charge in [-0.25, -0.2) is 4.39 Å². The minimum Gasteiger partial charge on any atom is -0.342 e. The van der Waals surface area contributed by atoms with Crippen molar-refractivity contribution in [2.75, 3.05) is 6.54 Å². The molecule has 1 aliphatic heterocycles. The average molecular weight is 369 g/mol. The molecule has 0 radical (unpaired) electrons. The summed E-state index contributed by atoms with van der Waals surface area (Å²) in [4.78, 5) is 12.6. The van der Waals surface area contributed by atoms with Crippen molar-refractivity contribution in [1.29, 1.82) is 0 Å². The number of hydrogen-bond acceptors (Lipinski definition) is 1. The van der Waals surface area contributed by atoms with Gasteiger partial charge in [0.05, 0.1) is 0 Å². The highest BCUT2D eigenvalue weighted by atomic mass is 19.4. The van der Waals surface area contributed by atoms with Gasteiger partial charge < -0.3 is 4.90 Å². The molecule has 0 saturated carbocycles. The second-order valence-electron chi connectivity index (χ2n) is 6.41. The number of rotatable bonds is 2. The van der Waals surface area contributed by atoms with E-state index in [0.29, 0.717) is 43.5 Å². The number of carbonyl (C=O) groups excluding carboxylic acids is 1. The summed E-state index contributed by atoms with van der Waals surface area (Å²) in [6.45, 7) is 0.484. The Kier molecular flexibility index (Phi) is 4.04. The minimum atomic E-state index is -6.11. The van der Waals surface area contributed by atoms with Crippen LogP contribution in [0.5, 0.6) is 0 Å². The van der Waals surface area contributed by atoms with Crippen molar-refractivity contribution < 1.29 is 35.5 Å². The van der Waals surface area contributed by atoms with Gasteiger partial charge in [0.15, 0.2) is 0 Å². The zero-order chi connectivity index (χ0) is 18.6. The maximum atomic E-state index is 14.2. The van der Waals surface area contributed by atoms with E-state index in [2.05, 4.69) is 0 Å². The number of likely N-dealkylation sites (tertiary alicyclic amines) is 1. The third-order valence-electron chi connectivity index (χ3n) is 5.16. The molecule has 0 bridgehead atoms. The highest BCUT2D eigenvalue weighted by molar-refractivity contribution is 5.51. The van der Waals surface area contributed by atoms with Gasteiger partial charge in [0.1, 0.15) is 0 Å². The lowest BCUT2D eigenvalue weighted by atomic mass is 9.77. The number of nitrogens with zero attached hydrogens (tertiary/aromatic N) is 1. The molecule has 2 aliphatic rings. The van der Waals surface area contributed by atoms with Gasteiger partial charge in [0.2, 0.25) is 6.41 Å². The van der Waals surface area contributed by atoms with Crippen molar-refractivity contribution in [1.82, 2.24) is 4.90 Å². The summed E-state index contributed by atoms with van der Waals surface area (Å²) in [5.74, 6) is -0.145. The van der Waals surface area contributed by atoms with Crippen molar-refractivity contribution in [2.45, 2.75) is 49.2 Å². The summed E-state index contributed by atoms with van der Waals surface area (Å²) in [6.07, 6.45) is -10.3. The van der Waals surface area contributed by atoms with Crippen LogP contribution in [0.4, 0.5) is 30.7 Å². The molecular weight excluding hydrogens is 355 g/mol. The van der Waals surface area contributed by atoms with Gasteiger partial charge in [0, 0.05) is 24.1 Å². The van der Waals surface area contributed by atoms with Gasteiger partial charge >= 0.3 is 18.0 Å². The predicted octanol–water partition coefficient (Wildman–Crippen LogP) is 4.24. The summed E-state index contributed by atoms with van der Waals surface area (Å²) in [5.41, 5.74) is -5.98. The quantitative estimate of drug-likeness (QED) is 0.564. The fourth-order valence-electron chi connectivity index (χ4n) is 3.93. The Bertz CT molecular complexity index is 668. The molecular formula is C16H14F7NO. The first-order valence-electron chi connectivity index (χ1n) is 7.67. The number of amides is 1. The highest BCUT2D eigenvalue weighted by Gasteiger charge is 2.73. The zero-order valence-electron chi connectivity index (χ0n) is 12.8. The van der Waals surface area contributed by atoms with Crippen LogP contribution >= 0.6 is 0 Å². The lowest BCUT2D eigenvalue weighted by molar-refractivity contribution is -0.348. The molecule has 25 heavy (non-hydrogen) atoms. The Morgan fingerprint density at radius 2 is 1.64 bits per heavy atom. The Labute approximate surface area is 138 Å². The summed E-state index contributed by atoms with van der Waals surface area (Å²) in [5, 5.41) is 0. The fraction of sp³-hybridized carbons (Fsp3) is 0.562. The summed E-state index contributed by atoms with van der Waals surface area (Å²) >= 11 is 0.